The van der Waals surface area contributed by atoms with E-state index in [-0.39, 0.29) is 18.0 Å². The topological polar surface area (TPSA) is 115 Å². The van der Waals surface area contributed by atoms with Gasteiger partial charge in [-0.3, -0.25) is 4.21 Å². The minimum atomic E-state index is -2.58. The van der Waals surface area contributed by atoms with Crippen molar-refractivity contribution >= 4 is 43.8 Å². The van der Waals surface area contributed by atoms with E-state index in [9.17, 15) is 18.8 Å². The molecular formula is C24H27ClN4O3S2. The number of pyridine rings is 1. The Hall–Kier alpha value is -1.99. The second-order valence-electron chi connectivity index (χ2n) is 9.39. The summed E-state index contributed by atoms with van der Waals surface area (Å²) in [7, 11) is -3.85. The van der Waals surface area contributed by atoms with E-state index in [1.54, 1.807) is 0 Å². The zero-order chi connectivity index (χ0) is 23.9. The highest BCUT2D eigenvalue weighted by Crippen LogP contribution is 2.41. The first kappa shape index (κ1) is 23.7. The molecule has 2 fully saturated rings. The smallest absolute Gasteiger partial charge is 0.181 e. The highest BCUT2D eigenvalue weighted by atomic mass is 35.5. The molecule has 1 saturated carbocycles. The molecule has 1 aliphatic carbocycles. The quantitative estimate of drug-likeness (QED) is 0.610. The van der Waals surface area contributed by atoms with Crippen molar-refractivity contribution in [3.63, 3.8) is 0 Å². The Morgan fingerprint density at radius 2 is 2.00 bits per heavy atom. The highest BCUT2D eigenvalue weighted by molar-refractivity contribution is 7.93. The van der Waals surface area contributed by atoms with Gasteiger partial charge in [-0.15, -0.1) is 0 Å². The first-order valence-corrected chi connectivity index (χ1v) is 15.1. The fourth-order valence-corrected chi connectivity index (χ4v) is 8.70. The number of hydrogen-bond donors (Lipinski definition) is 2. The Balaban J connectivity index is 1.49. The molecule has 34 heavy (non-hydrogen) atoms. The lowest BCUT2D eigenvalue weighted by Gasteiger charge is -2.41. The number of benzene rings is 1. The summed E-state index contributed by atoms with van der Waals surface area (Å²) in [5, 5.41) is 23.8. The lowest BCUT2D eigenvalue weighted by molar-refractivity contribution is 0.143. The number of rotatable bonds is 5. The minimum absolute atomic E-state index is 0.0502. The molecule has 0 bridgehead atoms. The van der Waals surface area contributed by atoms with E-state index in [2.05, 4.69) is 20.7 Å². The van der Waals surface area contributed by atoms with Crippen LogP contribution in [0.3, 0.4) is 0 Å². The molecule has 0 spiro atoms. The predicted molar refractivity (Wildman–Crippen MR) is 135 cm³/mol. The molecule has 2 aromatic rings. The maximum absolute atomic E-state index is 13.7. The molecule has 1 aromatic carbocycles. The Kier molecular flexibility index (Phi) is 6.44. The average Bonchev–Trinajstić information content (AvgIpc) is 3.19. The van der Waals surface area contributed by atoms with Crippen molar-refractivity contribution in [2.24, 2.45) is 4.36 Å². The van der Waals surface area contributed by atoms with Gasteiger partial charge in [0, 0.05) is 22.3 Å². The summed E-state index contributed by atoms with van der Waals surface area (Å²) in [5.41, 5.74) is 1.66. The lowest BCUT2D eigenvalue weighted by Crippen LogP contribution is -2.48. The molecule has 0 amide bonds. The van der Waals surface area contributed by atoms with Crippen molar-refractivity contribution in [3.8, 4) is 6.07 Å². The molecule has 1 saturated heterocycles. The predicted octanol–water partition coefficient (Wildman–Crippen LogP) is 4.27. The van der Waals surface area contributed by atoms with Gasteiger partial charge < -0.3 is 10.4 Å². The number of nitrogens with one attached hydrogen (secondary N) is 1. The van der Waals surface area contributed by atoms with Crippen LogP contribution in [0.4, 0.5) is 11.6 Å². The van der Waals surface area contributed by atoms with Crippen molar-refractivity contribution in [2.75, 3.05) is 29.2 Å². The van der Waals surface area contributed by atoms with Gasteiger partial charge >= 0.3 is 0 Å². The Labute approximate surface area is 207 Å². The molecule has 2 aliphatic heterocycles. The van der Waals surface area contributed by atoms with Crippen molar-refractivity contribution in [2.45, 2.75) is 54.9 Å². The molecule has 5 rings (SSSR count). The number of hydrogen-bond acceptors (Lipinski definition) is 7. The monoisotopic (exact) mass is 518 g/mol. The molecular weight excluding hydrogens is 492 g/mol. The lowest BCUT2D eigenvalue weighted by atomic mass is 9.77. The van der Waals surface area contributed by atoms with Crippen LogP contribution in [-0.4, -0.2) is 47.9 Å². The fourth-order valence-electron chi connectivity index (χ4n) is 5.05. The Bertz CT molecular complexity index is 1290. The number of aliphatic hydroxyl groups is 1. The standard InChI is InChI=1S/C24H27ClN4O3S2/c25-18-4-2-16(3-5-18)17-7-12-34(32,13-8-17)29-22-20(14-26)19-6-11-33(31)21(19)23(27-22)28-24(15-30)9-1-10-24/h2-5,17,30H,1,6-13,15H2,(H,27,28). The molecule has 2 N–H and O–H groups in total. The second kappa shape index (κ2) is 9.23. The summed E-state index contributed by atoms with van der Waals surface area (Å²) in [4.78, 5) is 5.15. The van der Waals surface area contributed by atoms with E-state index in [1.807, 2.05) is 24.3 Å². The molecule has 180 valence electrons. The normalized spacial score (nSPS) is 27.3. The molecule has 10 heteroatoms. The Morgan fingerprint density at radius 1 is 1.29 bits per heavy atom. The molecule has 1 unspecified atom stereocenters. The van der Waals surface area contributed by atoms with E-state index >= 15 is 0 Å². The Morgan fingerprint density at radius 3 is 2.59 bits per heavy atom. The van der Waals surface area contributed by atoms with E-state index in [0.717, 1.165) is 32.1 Å². The second-order valence-corrected chi connectivity index (χ2v) is 13.9. The first-order valence-electron chi connectivity index (χ1n) is 11.6. The molecule has 0 radical (unpaired) electrons. The van der Waals surface area contributed by atoms with Gasteiger partial charge in [0.25, 0.3) is 0 Å². The van der Waals surface area contributed by atoms with Gasteiger partial charge in [0.1, 0.15) is 17.5 Å². The van der Waals surface area contributed by atoms with Crippen LogP contribution in [0.5, 0.6) is 0 Å². The maximum Gasteiger partial charge on any atom is 0.181 e. The summed E-state index contributed by atoms with van der Waals surface area (Å²) in [6.45, 7) is -0.0502. The number of fused-ring (bicyclic) bond motifs is 1. The molecule has 1 aromatic heterocycles. The van der Waals surface area contributed by atoms with Crippen molar-refractivity contribution in [1.82, 2.24) is 4.98 Å². The van der Waals surface area contributed by atoms with Crippen LogP contribution in [0.1, 0.15) is 54.7 Å². The van der Waals surface area contributed by atoms with E-state index in [0.29, 0.717) is 50.9 Å². The maximum atomic E-state index is 13.7. The minimum Gasteiger partial charge on any atom is -0.394 e. The molecule has 3 heterocycles. The van der Waals surface area contributed by atoms with Gasteiger partial charge in [-0.2, -0.15) is 9.62 Å². The van der Waals surface area contributed by atoms with Crippen LogP contribution in [0, 0.1) is 11.3 Å². The molecule has 7 nitrogen and oxygen atoms in total. The first-order chi connectivity index (χ1) is 16.4. The summed E-state index contributed by atoms with van der Waals surface area (Å²) >= 11 is 6.01. The van der Waals surface area contributed by atoms with E-state index in [4.69, 9.17) is 11.6 Å². The van der Waals surface area contributed by atoms with Crippen molar-refractivity contribution in [3.05, 3.63) is 46.0 Å². The SMILES string of the molecule is N#Cc1c(N=S2(=O)CCC(c3ccc(Cl)cc3)CC2)nc(NC2(CO)CCC2)c2c1CCS2=O. The van der Waals surface area contributed by atoms with Crippen LogP contribution in [0.25, 0.3) is 0 Å². The number of halogens is 1. The molecule has 1 atom stereocenters. The van der Waals surface area contributed by atoms with Gasteiger partial charge in [-0.1, -0.05) is 23.7 Å². The van der Waals surface area contributed by atoms with Crippen LogP contribution >= 0.6 is 11.6 Å². The third-order valence-electron chi connectivity index (χ3n) is 7.27. The third-order valence-corrected chi connectivity index (χ3v) is 11.2. The van der Waals surface area contributed by atoms with Crippen LogP contribution in [-0.2, 0) is 26.9 Å². The molecule has 3 aliphatic rings. The average molecular weight is 519 g/mol. The zero-order valence-corrected chi connectivity index (χ0v) is 21.1. The van der Waals surface area contributed by atoms with Gasteiger partial charge in [0.15, 0.2) is 5.82 Å². The van der Waals surface area contributed by atoms with Gasteiger partial charge in [-0.05, 0) is 67.7 Å². The van der Waals surface area contributed by atoms with Crippen molar-refractivity contribution < 1.29 is 13.5 Å². The summed E-state index contributed by atoms with van der Waals surface area (Å²) in [6, 6.07) is 9.97. The van der Waals surface area contributed by atoms with Gasteiger partial charge in [-0.25, -0.2) is 9.19 Å². The number of anilines is 1. The summed E-state index contributed by atoms with van der Waals surface area (Å²) < 4.78 is 31.1. The van der Waals surface area contributed by atoms with E-state index < -0.39 is 26.1 Å². The van der Waals surface area contributed by atoms with Crippen LogP contribution in [0.2, 0.25) is 5.02 Å². The number of aliphatic hydroxyl groups excluding tert-OH is 1. The van der Waals surface area contributed by atoms with Crippen molar-refractivity contribution in [1.29, 1.82) is 5.26 Å². The largest absolute Gasteiger partial charge is 0.394 e. The van der Waals surface area contributed by atoms with Gasteiger partial charge in [0.05, 0.1) is 37.6 Å². The zero-order valence-electron chi connectivity index (χ0n) is 18.8. The van der Waals surface area contributed by atoms with Gasteiger partial charge in [0.2, 0.25) is 0 Å². The summed E-state index contributed by atoms with van der Waals surface area (Å²) in [5.74, 6) is 2.17. The summed E-state index contributed by atoms with van der Waals surface area (Å²) in [6.07, 6.45) is 4.55. The van der Waals surface area contributed by atoms with E-state index in [1.165, 1.54) is 5.56 Å². The highest BCUT2D eigenvalue weighted by Gasteiger charge is 2.39. The fraction of sp³-hybridized carbons (Fsp3) is 0.500. The van der Waals surface area contributed by atoms with Crippen LogP contribution < -0.4 is 5.32 Å². The third kappa shape index (κ3) is 4.37. The van der Waals surface area contributed by atoms with Crippen LogP contribution in [0.15, 0.2) is 33.5 Å². The number of aromatic nitrogens is 1. The number of nitrogens with zero attached hydrogens (tertiary/aromatic N) is 3. The number of nitriles is 1.